The zero-order chi connectivity index (χ0) is 18.4. The Hall–Kier alpha value is -1.76. The molecule has 1 fully saturated rings. The van der Waals surface area contributed by atoms with Crippen LogP contribution >= 0.6 is 0 Å². The molecule has 1 saturated heterocycles. The normalized spacial score (nSPS) is 15.9. The molecule has 0 unspecified atom stereocenters. The number of hydrogen-bond acceptors (Lipinski definition) is 3. The van der Waals surface area contributed by atoms with Gasteiger partial charge in [-0.15, -0.1) is 0 Å². The van der Waals surface area contributed by atoms with E-state index in [1.807, 2.05) is 18.2 Å². The van der Waals surface area contributed by atoms with Crippen molar-refractivity contribution in [3.05, 3.63) is 71.0 Å². The van der Waals surface area contributed by atoms with E-state index in [0.29, 0.717) is 5.56 Å². The van der Waals surface area contributed by atoms with E-state index in [9.17, 15) is 12.8 Å². The highest BCUT2D eigenvalue weighted by atomic mass is 32.2. The Kier molecular flexibility index (Phi) is 6.40. The molecule has 1 heterocycles. The molecule has 0 aliphatic carbocycles. The van der Waals surface area contributed by atoms with Crippen molar-refractivity contribution < 1.29 is 12.8 Å². The minimum atomic E-state index is -3.48. The zero-order valence-electron chi connectivity index (χ0n) is 14.8. The molecule has 3 rings (SSSR count). The third kappa shape index (κ3) is 5.62. The van der Waals surface area contributed by atoms with Crippen LogP contribution in [0, 0.1) is 5.82 Å². The standard InChI is InChI=1S/C20H25FN2O2S/c21-20-10-8-17(9-11-20)16-26(24,25)22-14-18-6-2-3-7-19(18)15-23-12-4-1-5-13-23/h2-3,6-11,22H,1,4-5,12-16H2. The fourth-order valence-corrected chi connectivity index (χ4v) is 4.39. The molecular weight excluding hydrogens is 351 g/mol. The van der Waals surface area contributed by atoms with E-state index < -0.39 is 10.0 Å². The number of benzene rings is 2. The van der Waals surface area contributed by atoms with Gasteiger partial charge in [0.05, 0.1) is 5.75 Å². The van der Waals surface area contributed by atoms with Gasteiger partial charge >= 0.3 is 0 Å². The number of rotatable bonds is 7. The Morgan fingerprint density at radius 1 is 0.923 bits per heavy atom. The maximum Gasteiger partial charge on any atom is 0.216 e. The first-order chi connectivity index (χ1) is 12.5. The minimum Gasteiger partial charge on any atom is -0.299 e. The molecule has 1 aliphatic rings. The summed E-state index contributed by atoms with van der Waals surface area (Å²) in [6.07, 6.45) is 3.75. The monoisotopic (exact) mass is 376 g/mol. The summed E-state index contributed by atoms with van der Waals surface area (Å²) in [4.78, 5) is 2.43. The lowest BCUT2D eigenvalue weighted by Crippen LogP contribution is -2.30. The summed E-state index contributed by atoms with van der Waals surface area (Å²) in [5.74, 6) is -0.521. The number of halogens is 1. The van der Waals surface area contributed by atoms with Gasteiger partial charge in [0, 0.05) is 13.1 Å². The molecule has 140 valence electrons. The Labute approximate surface area is 155 Å². The molecule has 6 heteroatoms. The first-order valence-electron chi connectivity index (χ1n) is 9.03. The number of sulfonamides is 1. The third-order valence-electron chi connectivity index (χ3n) is 4.71. The van der Waals surface area contributed by atoms with Gasteiger partial charge in [-0.3, -0.25) is 4.90 Å². The van der Waals surface area contributed by atoms with Gasteiger partial charge in [-0.2, -0.15) is 0 Å². The molecule has 0 amide bonds. The summed E-state index contributed by atoms with van der Waals surface area (Å²) < 4.78 is 40.3. The topological polar surface area (TPSA) is 49.4 Å². The highest BCUT2D eigenvalue weighted by Gasteiger charge is 2.15. The molecule has 0 bridgehead atoms. The average Bonchev–Trinajstić information content (AvgIpc) is 2.64. The lowest BCUT2D eigenvalue weighted by atomic mass is 10.1. The number of likely N-dealkylation sites (tertiary alicyclic amines) is 1. The summed E-state index contributed by atoms with van der Waals surface area (Å²) in [7, 11) is -3.48. The SMILES string of the molecule is O=S(=O)(Cc1ccc(F)cc1)NCc1ccccc1CN1CCCCC1. The van der Waals surface area contributed by atoms with E-state index in [1.165, 1.54) is 49.1 Å². The second kappa shape index (κ2) is 8.75. The van der Waals surface area contributed by atoms with Crippen LogP contribution in [0.15, 0.2) is 48.5 Å². The molecule has 2 aromatic carbocycles. The molecule has 1 N–H and O–H groups in total. The van der Waals surface area contributed by atoms with E-state index in [1.54, 1.807) is 0 Å². The van der Waals surface area contributed by atoms with Crippen molar-refractivity contribution in [3.8, 4) is 0 Å². The van der Waals surface area contributed by atoms with Crippen LogP contribution in [0.5, 0.6) is 0 Å². The van der Waals surface area contributed by atoms with Crippen LogP contribution < -0.4 is 4.72 Å². The van der Waals surface area contributed by atoms with Crippen LogP contribution in [0.2, 0.25) is 0 Å². The summed E-state index contributed by atoms with van der Waals surface area (Å²) in [6.45, 7) is 3.33. The van der Waals surface area contributed by atoms with Crippen molar-refractivity contribution in [3.63, 3.8) is 0 Å². The van der Waals surface area contributed by atoms with Crippen LogP contribution in [0.4, 0.5) is 4.39 Å². The van der Waals surface area contributed by atoms with E-state index in [0.717, 1.165) is 25.2 Å². The molecule has 0 saturated carbocycles. The van der Waals surface area contributed by atoms with Crippen molar-refractivity contribution in [1.29, 1.82) is 0 Å². The van der Waals surface area contributed by atoms with Crippen LogP contribution in [0.25, 0.3) is 0 Å². The lowest BCUT2D eigenvalue weighted by molar-refractivity contribution is 0.220. The Morgan fingerprint density at radius 3 is 2.27 bits per heavy atom. The second-order valence-corrected chi connectivity index (χ2v) is 8.62. The van der Waals surface area contributed by atoms with Crippen molar-refractivity contribution in [2.75, 3.05) is 13.1 Å². The van der Waals surface area contributed by atoms with Crippen molar-refractivity contribution in [2.24, 2.45) is 0 Å². The van der Waals surface area contributed by atoms with Gasteiger partial charge in [-0.1, -0.05) is 42.8 Å². The smallest absolute Gasteiger partial charge is 0.216 e. The van der Waals surface area contributed by atoms with Gasteiger partial charge in [-0.05, 0) is 54.8 Å². The number of nitrogens with zero attached hydrogens (tertiary/aromatic N) is 1. The fraction of sp³-hybridized carbons (Fsp3) is 0.400. The molecule has 26 heavy (non-hydrogen) atoms. The van der Waals surface area contributed by atoms with Gasteiger partial charge < -0.3 is 0 Å². The van der Waals surface area contributed by atoms with Crippen LogP contribution in [-0.2, 0) is 28.9 Å². The van der Waals surface area contributed by atoms with Crippen molar-refractivity contribution in [1.82, 2.24) is 9.62 Å². The van der Waals surface area contributed by atoms with Crippen molar-refractivity contribution >= 4 is 10.0 Å². The molecule has 2 aromatic rings. The highest BCUT2D eigenvalue weighted by molar-refractivity contribution is 7.88. The average molecular weight is 376 g/mol. The number of nitrogens with one attached hydrogen (secondary N) is 1. The van der Waals surface area contributed by atoms with E-state index in [4.69, 9.17) is 0 Å². The lowest BCUT2D eigenvalue weighted by Gasteiger charge is -2.27. The summed E-state index contributed by atoms with van der Waals surface area (Å²) >= 11 is 0. The Balaban J connectivity index is 1.62. The van der Waals surface area contributed by atoms with Gasteiger partial charge in [0.2, 0.25) is 10.0 Å². The van der Waals surface area contributed by atoms with E-state index in [-0.39, 0.29) is 18.1 Å². The molecule has 4 nitrogen and oxygen atoms in total. The van der Waals surface area contributed by atoms with Gasteiger partial charge in [0.1, 0.15) is 5.82 Å². The van der Waals surface area contributed by atoms with E-state index >= 15 is 0 Å². The van der Waals surface area contributed by atoms with Gasteiger partial charge in [-0.25, -0.2) is 17.5 Å². The predicted octanol–water partition coefficient (Wildman–Crippen LogP) is 3.43. The van der Waals surface area contributed by atoms with E-state index in [2.05, 4.69) is 15.7 Å². The number of hydrogen-bond donors (Lipinski definition) is 1. The summed E-state index contributed by atoms with van der Waals surface area (Å²) in [5, 5.41) is 0. The van der Waals surface area contributed by atoms with Crippen LogP contribution in [-0.4, -0.2) is 26.4 Å². The molecular formula is C20H25FN2O2S. The molecule has 0 atom stereocenters. The number of piperidine rings is 1. The minimum absolute atomic E-state index is 0.151. The van der Waals surface area contributed by atoms with Crippen LogP contribution in [0.3, 0.4) is 0 Å². The quantitative estimate of drug-likeness (QED) is 0.805. The summed E-state index contributed by atoms with van der Waals surface area (Å²) in [5.41, 5.74) is 2.74. The third-order valence-corrected chi connectivity index (χ3v) is 6.01. The maximum atomic E-state index is 13.0. The highest BCUT2D eigenvalue weighted by Crippen LogP contribution is 2.16. The molecule has 0 spiro atoms. The summed E-state index contributed by atoms with van der Waals surface area (Å²) in [6, 6.07) is 13.5. The van der Waals surface area contributed by atoms with Gasteiger partial charge in [0.25, 0.3) is 0 Å². The largest absolute Gasteiger partial charge is 0.299 e. The first-order valence-corrected chi connectivity index (χ1v) is 10.7. The Morgan fingerprint density at radius 2 is 1.58 bits per heavy atom. The predicted molar refractivity (Wildman–Crippen MR) is 101 cm³/mol. The van der Waals surface area contributed by atoms with Crippen LogP contribution in [0.1, 0.15) is 36.0 Å². The fourth-order valence-electron chi connectivity index (χ4n) is 3.28. The molecule has 0 radical (unpaired) electrons. The maximum absolute atomic E-state index is 13.0. The molecule has 1 aliphatic heterocycles. The molecule has 0 aromatic heterocycles. The van der Waals surface area contributed by atoms with Crippen molar-refractivity contribution in [2.45, 2.75) is 38.1 Å². The van der Waals surface area contributed by atoms with Gasteiger partial charge in [0.15, 0.2) is 0 Å². The first kappa shape index (κ1) is 19.0. The zero-order valence-corrected chi connectivity index (χ0v) is 15.6. The Bertz CT molecular complexity index is 816. The second-order valence-electron chi connectivity index (χ2n) is 6.81.